The van der Waals surface area contributed by atoms with Gasteiger partial charge in [-0.2, -0.15) is 0 Å². The van der Waals surface area contributed by atoms with Crippen molar-refractivity contribution < 1.29 is 14.3 Å². The second-order valence-corrected chi connectivity index (χ2v) is 8.52. The van der Waals surface area contributed by atoms with Gasteiger partial charge in [0.15, 0.2) is 0 Å². The molecule has 3 rings (SSSR count). The zero-order valence-electron chi connectivity index (χ0n) is 19.0. The summed E-state index contributed by atoms with van der Waals surface area (Å²) in [6, 6.07) is 26.8. The van der Waals surface area contributed by atoms with Crippen LogP contribution in [0.4, 0.5) is 4.79 Å². The maximum absolute atomic E-state index is 11.7. The van der Waals surface area contributed by atoms with Crippen molar-refractivity contribution in [2.75, 3.05) is 13.2 Å². The van der Waals surface area contributed by atoms with E-state index in [-0.39, 0.29) is 6.09 Å². The van der Waals surface area contributed by atoms with E-state index in [4.69, 9.17) is 9.47 Å². The highest BCUT2D eigenvalue weighted by molar-refractivity contribution is 5.67. The van der Waals surface area contributed by atoms with E-state index in [1.165, 1.54) is 11.1 Å². The van der Waals surface area contributed by atoms with Crippen LogP contribution in [-0.4, -0.2) is 24.8 Å². The molecule has 0 aliphatic rings. The van der Waals surface area contributed by atoms with E-state index in [1.54, 1.807) is 0 Å². The molecule has 32 heavy (non-hydrogen) atoms. The van der Waals surface area contributed by atoms with Crippen LogP contribution in [0.2, 0.25) is 0 Å². The Kier molecular flexibility index (Phi) is 8.09. The number of amides is 1. The molecule has 0 atom stereocenters. The number of benzene rings is 3. The third kappa shape index (κ3) is 7.95. The predicted octanol–water partition coefficient (Wildman–Crippen LogP) is 6.51. The van der Waals surface area contributed by atoms with Gasteiger partial charge in [0.1, 0.15) is 18.0 Å². The molecule has 3 aromatic rings. The van der Waals surface area contributed by atoms with Crippen molar-refractivity contribution in [3.8, 4) is 16.9 Å². The molecule has 0 aliphatic carbocycles. The third-order valence-corrected chi connectivity index (χ3v) is 4.68. The zero-order chi connectivity index (χ0) is 22.8. The molecule has 0 heterocycles. The molecule has 0 fully saturated rings. The van der Waals surface area contributed by atoms with Crippen LogP contribution in [0.5, 0.6) is 5.75 Å². The fourth-order valence-corrected chi connectivity index (χ4v) is 3.12. The van der Waals surface area contributed by atoms with Crippen LogP contribution in [0.3, 0.4) is 0 Å². The molecule has 0 saturated carbocycles. The second-order valence-electron chi connectivity index (χ2n) is 8.52. The number of carbonyl (C=O) groups is 1. The van der Waals surface area contributed by atoms with E-state index in [2.05, 4.69) is 47.8 Å². The average molecular weight is 430 g/mol. The standard InChI is InChI=1S/C28H31NO3/c1-28(2,3)32-27(30)29-20-19-23-13-17-26(18-14-23)31-21-7-8-22-11-15-25(16-12-22)24-9-5-4-6-10-24/h4-18H,19-21H2,1-3H3,(H,29,30)/b8-7+. The van der Waals surface area contributed by atoms with Gasteiger partial charge >= 0.3 is 6.09 Å². The summed E-state index contributed by atoms with van der Waals surface area (Å²) < 4.78 is 11.0. The van der Waals surface area contributed by atoms with Crippen molar-refractivity contribution in [2.45, 2.75) is 32.8 Å². The highest BCUT2D eigenvalue weighted by Crippen LogP contribution is 2.19. The van der Waals surface area contributed by atoms with E-state index in [9.17, 15) is 4.79 Å². The number of hydrogen-bond acceptors (Lipinski definition) is 3. The first-order valence-corrected chi connectivity index (χ1v) is 10.9. The lowest BCUT2D eigenvalue weighted by Crippen LogP contribution is -2.33. The smallest absolute Gasteiger partial charge is 0.407 e. The highest BCUT2D eigenvalue weighted by Gasteiger charge is 2.15. The zero-order valence-corrected chi connectivity index (χ0v) is 19.0. The van der Waals surface area contributed by atoms with Crippen LogP contribution < -0.4 is 10.1 Å². The van der Waals surface area contributed by atoms with Gasteiger partial charge in [-0.1, -0.05) is 72.8 Å². The minimum absolute atomic E-state index is 0.390. The Morgan fingerprint density at radius 2 is 1.53 bits per heavy atom. The molecule has 0 aliphatic heterocycles. The number of ether oxygens (including phenoxy) is 2. The Morgan fingerprint density at radius 1 is 0.875 bits per heavy atom. The summed E-state index contributed by atoms with van der Waals surface area (Å²) in [6.45, 7) is 6.58. The third-order valence-electron chi connectivity index (χ3n) is 4.68. The fraction of sp³-hybridized carbons (Fsp3) is 0.250. The van der Waals surface area contributed by atoms with Gasteiger partial charge in [0.05, 0.1) is 0 Å². The minimum Gasteiger partial charge on any atom is -0.490 e. The first kappa shape index (κ1) is 23.1. The van der Waals surface area contributed by atoms with Gasteiger partial charge in [-0.3, -0.25) is 0 Å². The molecule has 166 valence electrons. The van der Waals surface area contributed by atoms with Crippen LogP contribution in [0, 0.1) is 0 Å². The van der Waals surface area contributed by atoms with Crippen LogP contribution in [0.1, 0.15) is 31.9 Å². The van der Waals surface area contributed by atoms with E-state index >= 15 is 0 Å². The van der Waals surface area contributed by atoms with Crippen molar-refractivity contribution in [2.24, 2.45) is 0 Å². The van der Waals surface area contributed by atoms with Crippen LogP contribution in [-0.2, 0) is 11.2 Å². The van der Waals surface area contributed by atoms with Gasteiger partial charge in [-0.15, -0.1) is 0 Å². The summed E-state index contributed by atoms with van der Waals surface area (Å²) >= 11 is 0. The molecule has 0 radical (unpaired) electrons. The van der Waals surface area contributed by atoms with Gasteiger partial charge in [0.2, 0.25) is 0 Å². The fourth-order valence-electron chi connectivity index (χ4n) is 3.12. The quantitative estimate of drug-likeness (QED) is 0.444. The van der Waals surface area contributed by atoms with Crippen molar-refractivity contribution in [3.63, 3.8) is 0 Å². The monoisotopic (exact) mass is 429 g/mol. The summed E-state index contributed by atoms with van der Waals surface area (Å²) in [4.78, 5) is 11.7. The summed E-state index contributed by atoms with van der Waals surface area (Å²) in [5.41, 5.74) is 4.21. The molecule has 0 bridgehead atoms. The first-order chi connectivity index (χ1) is 15.4. The van der Waals surface area contributed by atoms with E-state index < -0.39 is 5.60 Å². The Labute approximate surface area is 190 Å². The predicted molar refractivity (Wildman–Crippen MR) is 131 cm³/mol. The molecule has 4 heteroatoms. The molecule has 0 unspecified atom stereocenters. The van der Waals surface area contributed by atoms with Gasteiger partial charge in [0.25, 0.3) is 0 Å². The average Bonchev–Trinajstić information content (AvgIpc) is 2.77. The van der Waals surface area contributed by atoms with Gasteiger partial charge in [0, 0.05) is 6.54 Å². The Morgan fingerprint density at radius 3 is 2.19 bits per heavy atom. The Balaban J connectivity index is 1.39. The first-order valence-electron chi connectivity index (χ1n) is 10.9. The summed E-state index contributed by atoms with van der Waals surface area (Å²) in [5, 5.41) is 2.77. The van der Waals surface area contributed by atoms with E-state index in [1.807, 2.05) is 69.3 Å². The number of carbonyl (C=O) groups excluding carboxylic acids is 1. The largest absolute Gasteiger partial charge is 0.490 e. The minimum atomic E-state index is -0.483. The van der Waals surface area contributed by atoms with Crippen molar-refractivity contribution >= 4 is 12.2 Å². The molecule has 1 amide bonds. The Bertz CT molecular complexity index is 1000. The lowest BCUT2D eigenvalue weighted by molar-refractivity contribution is 0.0528. The van der Waals surface area contributed by atoms with Gasteiger partial charge in [-0.05, 0) is 67.7 Å². The molecule has 3 aromatic carbocycles. The number of nitrogens with one attached hydrogen (secondary N) is 1. The van der Waals surface area contributed by atoms with E-state index in [0.29, 0.717) is 13.2 Å². The lowest BCUT2D eigenvalue weighted by atomic mass is 10.0. The molecule has 1 N–H and O–H groups in total. The molecule has 4 nitrogen and oxygen atoms in total. The van der Waals surface area contributed by atoms with Gasteiger partial charge < -0.3 is 14.8 Å². The summed E-state index contributed by atoms with van der Waals surface area (Å²) in [5.74, 6) is 0.818. The second kappa shape index (κ2) is 11.2. The van der Waals surface area contributed by atoms with Gasteiger partial charge in [-0.25, -0.2) is 4.79 Å². The molecule has 0 aromatic heterocycles. The summed E-state index contributed by atoms with van der Waals surface area (Å²) in [6.07, 6.45) is 4.42. The summed E-state index contributed by atoms with van der Waals surface area (Å²) in [7, 11) is 0. The van der Waals surface area contributed by atoms with Crippen molar-refractivity contribution in [3.05, 3.63) is 96.1 Å². The molecule has 0 spiro atoms. The normalized spacial score (nSPS) is 11.3. The lowest BCUT2D eigenvalue weighted by Gasteiger charge is -2.19. The Hall–Kier alpha value is -3.53. The molecule has 0 saturated heterocycles. The number of rotatable bonds is 8. The topological polar surface area (TPSA) is 47.6 Å². The SMILES string of the molecule is CC(C)(C)OC(=O)NCCc1ccc(OC/C=C/c2ccc(-c3ccccc3)cc2)cc1. The van der Waals surface area contributed by atoms with E-state index in [0.717, 1.165) is 23.3 Å². The van der Waals surface area contributed by atoms with Crippen LogP contribution in [0.15, 0.2) is 84.9 Å². The highest BCUT2D eigenvalue weighted by atomic mass is 16.6. The number of alkyl carbamates (subject to hydrolysis) is 1. The van der Waals surface area contributed by atoms with Crippen LogP contribution >= 0.6 is 0 Å². The van der Waals surface area contributed by atoms with Crippen molar-refractivity contribution in [1.29, 1.82) is 0 Å². The molecular formula is C28H31NO3. The number of hydrogen-bond donors (Lipinski definition) is 1. The van der Waals surface area contributed by atoms with Crippen LogP contribution in [0.25, 0.3) is 17.2 Å². The van der Waals surface area contributed by atoms with Crippen molar-refractivity contribution in [1.82, 2.24) is 5.32 Å². The molecular weight excluding hydrogens is 398 g/mol. The maximum atomic E-state index is 11.7. The maximum Gasteiger partial charge on any atom is 0.407 e.